The van der Waals surface area contributed by atoms with E-state index in [1.54, 1.807) is 23.8 Å². The second-order valence-corrected chi connectivity index (χ2v) is 12.3. The number of hydrogen-bond donors (Lipinski definition) is 3. The summed E-state index contributed by atoms with van der Waals surface area (Å²) >= 11 is 1.56. The molecule has 2 aliphatic rings. The Kier molecular flexibility index (Phi) is 7.85. The quantitative estimate of drug-likeness (QED) is 0.504. The summed E-state index contributed by atoms with van der Waals surface area (Å²) in [5.41, 5.74) is 3.21. The SMILES string of the molecule is Cc1ncsc1-c1ccc(CN(C(=O)[C@@H]2C[C@@H](O)CN2)C(=O)[C@@H](NC(=O)C2(C)COC2)C(C)(C)C)cc1. The van der Waals surface area contributed by atoms with Gasteiger partial charge in [0.25, 0.3) is 5.91 Å². The molecule has 37 heavy (non-hydrogen) atoms. The third-order valence-corrected chi connectivity index (χ3v) is 8.00. The Bertz CT molecular complexity index is 1150. The molecule has 0 saturated carbocycles. The highest BCUT2D eigenvalue weighted by Gasteiger charge is 2.46. The van der Waals surface area contributed by atoms with Crippen molar-refractivity contribution in [3.63, 3.8) is 0 Å². The summed E-state index contributed by atoms with van der Waals surface area (Å²) in [6.07, 6.45) is -0.418. The van der Waals surface area contributed by atoms with Crippen molar-refractivity contribution < 1.29 is 24.2 Å². The van der Waals surface area contributed by atoms with Gasteiger partial charge >= 0.3 is 0 Å². The van der Waals surface area contributed by atoms with Crippen molar-refractivity contribution in [3.8, 4) is 10.4 Å². The predicted octanol–water partition coefficient (Wildman–Crippen LogP) is 2.26. The molecule has 4 rings (SSSR count). The first kappa shape index (κ1) is 27.4. The van der Waals surface area contributed by atoms with Gasteiger partial charge in [0.1, 0.15) is 6.04 Å². The number of β-amino-alcohol motifs (C(OH)–C–C–N with tert-alkyl or cyclic N) is 1. The van der Waals surface area contributed by atoms with Crippen molar-refractivity contribution in [1.29, 1.82) is 0 Å². The highest BCUT2D eigenvalue weighted by Crippen LogP contribution is 2.30. The molecule has 0 aliphatic carbocycles. The van der Waals surface area contributed by atoms with Gasteiger partial charge in [0.15, 0.2) is 0 Å². The zero-order valence-corrected chi connectivity index (χ0v) is 22.9. The molecule has 3 N–H and O–H groups in total. The highest BCUT2D eigenvalue weighted by atomic mass is 32.1. The molecule has 2 saturated heterocycles. The lowest BCUT2D eigenvalue weighted by atomic mass is 9.82. The fraction of sp³-hybridized carbons (Fsp3) is 0.556. The second kappa shape index (κ2) is 10.6. The number of aromatic nitrogens is 1. The Balaban J connectivity index is 1.61. The van der Waals surface area contributed by atoms with Crippen LogP contribution in [0.5, 0.6) is 0 Å². The monoisotopic (exact) mass is 528 g/mol. The first-order valence-electron chi connectivity index (χ1n) is 12.5. The van der Waals surface area contributed by atoms with Crippen LogP contribution in [0.4, 0.5) is 0 Å². The van der Waals surface area contributed by atoms with Crippen LogP contribution in [-0.2, 0) is 25.7 Å². The molecule has 0 bridgehead atoms. The summed E-state index contributed by atoms with van der Waals surface area (Å²) in [6.45, 7) is 10.3. The Hall–Kier alpha value is -2.66. The summed E-state index contributed by atoms with van der Waals surface area (Å²) in [5.74, 6) is -1.15. The first-order valence-corrected chi connectivity index (χ1v) is 13.4. The number of carbonyl (C=O) groups is 3. The van der Waals surface area contributed by atoms with Crippen molar-refractivity contribution >= 4 is 29.1 Å². The lowest BCUT2D eigenvalue weighted by molar-refractivity contribution is -0.162. The number of carbonyl (C=O) groups excluding carboxylic acids is 3. The number of thiazole rings is 1. The molecule has 3 heterocycles. The van der Waals surface area contributed by atoms with Gasteiger partial charge in [-0.1, -0.05) is 45.0 Å². The fourth-order valence-electron chi connectivity index (χ4n) is 4.53. The van der Waals surface area contributed by atoms with E-state index in [1.807, 2.05) is 52.0 Å². The predicted molar refractivity (Wildman–Crippen MR) is 141 cm³/mol. The average molecular weight is 529 g/mol. The van der Waals surface area contributed by atoms with Crippen LogP contribution in [0, 0.1) is 17.8 Å². The maximum absolute atomic E-state index is 14.0. The number of aliphatic hydroxyl groups excluding tert-OH is 1. The number of aryl methyl sites for hydroxylation is 1. The Morgan fingerprint density at radius 1 is 1.27 bits per heavy atom. The number of ether oxygens (including phenoxy) is 1. The molecule has 10 heteroatoms. The van der Waals surface area contributed by atoms with E-state index in [9.17, 15) is 19.5 Å². The zero-order valence-electron chi connectivity index (χ0n) is 22.0. The van der Waals surface area contributed by atoms with E-state index in [-0.39, 0.29) is 18.9 Å². The van der Waals surface area contributed by atoms with Gasteiger partial charge in [0, 0.05) is 6.54 Å². The van der Waals surface area contributed by atoms with Crippen molar-refractivity contribution in [2.75, 3.05) is 19.8 Å². The molecule has 0 radical (unpaired) electrons. The van der Waals surface area contributed by atoms with Crippen molar-refractivity contribution in [2.24, 2.45) is 10.8 Å². The molecule has 3 atom stereocenters. The van der Waals surface area contributed by atoms with Crippen LogP contribution in [0.1, 0.15) is 45.4 Å². The smallest absolute Gasteiger partial charge is 0.252 e. The van der Waals surface area contributed by atoms with Gasteiger partial charge in [0.2, 0.25) is 11.8 Å². The number of nitrogens with zero attached hydrogens (tertiary/aromatic N) is 2. The summed E-state index contributed by atoms with van der Waals surface area (Å²) in [4.78, 5) is 47.3. The Morgan fingerprint density at radius 3 is 2.43 bits per heavy atom. The third kappa shape index (κ3) is 5.93. The molecule has 9 nitrogen and oxygen atoms in total. The van der Waals surface area contributed by atoms with Crippen molar-refractivity contribution in [2.45, 2.75) is 65.8 Å². The molecule has 0 unspecified atom stereocenters. The summed E-state index contributed by atoms with van der Waals surface area (Å²) in [6, 6.07) is 6.12. The van der Waals surface area contributed by atoms with Gasteiger partial charge in [-0.05, 0) is 36.8 Å². The molecule has 2 aliphatic heterocycles. The topological polar surface area (TPSA) is 121 Å². The van der Waals surface area contributed by atoms with Crippen LogP contribution in [0.3, 0.4) is 0 Å². The number of hydrogen-bond acceptors (Lipinski definition) is 8. The van der Waals surface area contributed by atoms with Gasteiger partial charge in [-0.25, -0.2) is 4.98 Å². The van der Waals surface area contributed by atoms with Crippen LogP contribution in [0.15, 0.2) is 29.8 Å². The van der Waals surface area contributed by atoms with Gasteiger partial charge in [0.05, 0.1) is 53.4 Å². The highest BCUT2D eigenvalue weighted by molar-refractivity contribution is 7.13. The largest absolute Gasteiger partial charge is 0.392 e. The average Bonchev–Trinajstić information content (AvgIpc) is 3.46. The normalized spacial score (nSPS) is 21.7. The fourth-order valence-corrected chi connectivity index (χ4v) is 5.34. The van der Waals surface area contributed by atoms with Crippen LogP contribution in [-0.4, -0.2) is 70.7 Å². The standard InChI is InChI=1S/C27H36N4O5S/c1-16-21(37-15-29-16)18-8-6-17(7-9-18)12-31(23(33)20-10-19(32)11-28-20)24(34)22(26(2,3)4)30-25(35)27(5)13-36-14-27/h6-9,15,19-20,22,28,32H,10-14H2,1-5H3,(H,30,35)/t19-,20+,22-/m1/s1. The summed E-state index contributed by atoms with van der Waals surface area (Å²) in [7, 11) is 0. The molecule has 1 aromatic carbocycles. The number of nitrogens with one attached hydrogen (secondary N) is 2. The summed E-state index contributed by atoms with van der Waals surface area (Å²) < 4.78 is 5.23. The molecule has 2 aromatic rings. The summed E-state index contributed by atoms with van der Waals surface area (Å²) in [5, 5.41) is 15.9. The van der Waals surface area contributed by atoms with E-state index in [1.165, 1.54) is 4.90 Å². The van der Waals surface area contributed by atoms with E-state index in [0.29, 0.717) is 19.8 Å². The van der Waals surface area contributed by atoms with Gasteiger partial charge in [-0.15, -0.1) is 11.3 Å². The number of amides is 3. The van der Waals surface area contributed by atoms with E-state index < -0.39 is 40.8 Å². The molecule has 200 valence electrons. The van der Waals surface area contributed by atoms with Crippen molar-refractivity contribution in [3.05, 3.63) is 41.0 Å². The molecular formula is C27H36N4O5S. The molecule has 0 spiro atoms. The van der Waals surface area contributed by atoms with Crippen LogP contribution >= 0.6 is 11.3 Å². The second-order valence-electron chi connectivity index (χ2n) is 11.4. The zero-order chi connectivity index (χ0) is 27.0. The molecule has 2 fully saturated rings. The number of benzene rings is 1. The minimum atomic E-state index is -0.924. The Labute approximate surface area is 221 Å². The molecule has 1 aromatic heterocycles. The Morgan fingerprint density at radius 2 is 1.95 bits per heavy atom. The number of rotatable bonds is 7. The van der Waals surface area contributed by atoms with E-state index in [4.69, 9.17) is 4.74 Å². The van der Waals surface area contributed by atoms with Crippen molar-refractivity contribution in [1.82, 2.24) is 20.5 Å². The lowest BCUT2D eigenvalue weighted by Crippen LogP contribution is -2.62. The lowest BCUT2D eigenvalue weighted by Gasteiger charge is -2.40. The minimum absolute atomic E-state index is 0.0523. The van der Waals surface area contributed by atoms with Crippen LogP contribution in [0.2, 0.25) is 0 Å². The van der Waals surface area contributed by atoms with Gasteiger partial charge in [-0.3, -0.25) is 19.3 Å². The molecule has 3 amide bonds. The van der Waals surface area contributed by atoms with E-state index in [0.717, 1.165) is 21.7 Å². The number of aliphatic hydroxyl groups is 1. The third-order valence-electron chi connectivity index (χ3n) is 7.02. The minimum Gasteiger partial charge on any atom is -0.392 e. The maximum Gasteiger partial charge on any atom is 0.252 e. The maximum atomic E-state index is 14.0. The first-order chi connectivity index (χ1) is 17.4. The van der Waals surface area contributed by atoms with Crippen LogP contribution < -0.4 is 10.6 Å². The van der Waals surface area contributed by atoms with E-state index in [2.05, 4.69) is 15.6 Å². The van der Waals surface area contributed by atoms with E-state index >= 15 is 0 Å². The van der Waals surface area contributed by atoms with Gasteiger partial charge in [-0.2, -0.15) is 0 Å². The van der Waals surface area contributed by atoms with Crippen LogP contribution in [0.25, 0.3) is 10.4 Å². The van der Waals surface area contributed by atoms with Gasteiger partial charge < -0.3 is 20.5 Å². The number of imide groups is 1. The molecular weight excluding hydrogens is 492 g/mol.